The second kappa shape index (κ2) is 11.4. The van der Waals surface area contributed by atoms with E-state index in [2.05, 4.69) is 0 Å². The van der Waals surface area contributed by atoms with E-state index < -0.39 is 0 Å². The molecule has 0 spiro atoms. The third kappa shape index (κ3) is 6.99. The summed E-state index contributed by atoms with van der Waals surface area (Å²) in [5, 5.41) is 0. The number of ether oxygens (including phenoxy) is 2. The number of rotatable bonds is 3. The molecule has 0 aliphatic rings. The fourth-order valence-electron chi connectivity index (χ4n) is 1.92. The van der Waals surface area contributed by atoms with Crippen LogP contribution in [0, 0.1) is 18.6 Å². The lowest BCUT2D eigenvalue weighted by atomic mass is 10.0. The van der Waals surface area contributed by atoms with Gasteiger partial charge in [-0.25, -0.2) is 8.78 Å². The molecule has 0 saturated carbocycles. The molecule has 2 aromatic rings. The Kier molecular flexibility index (Phi) is 10.4. The molecule has 0 aromatic heterocycles. The minimum atomic E-state index is -0.312. The highest BCUT2D eigenvalue weighted by Gasteiger charge is 2.07. The van der Waals surface area contributed by atoms with Crippen molar-refractivity contribution in [3.63, 3.8) is 0 Å². The highest BCUT2D eigenvalue weighted by molar-refractivity contribution is 5.36. The molecular weight excluding hydrogens is 310 g/mol. The molecule has 0 heterocycles. The number of hydrogen-bond acceptors (Lipinski definition) is 2. The van der Waals surface area contributed by atoms with Crippen molar-refractivity contribution in [2.24, 2.45) is 0 Å². The molecule has 2 aromatic carbocycles. The molecule has 0 amide bonds. The largest absolute Gasteiger partial charge is 0.496 e. The third-order valence-corrected chi connectivity index (χ3v) is 3.12. The normalized spacial score (nSPS) is 9.42. The molecule has 24 heavy (non-hydrogen) atoms. The molecule has 2 nitrogen and oxygen atoms in total. The molecule has 2 rings (SSSR count). The van der Waals surface area contributed by atoms with Crippen molar-refractivity contribution in [2.75, 3.05) is 14.2 Å². The topological polar surface area (TPSA) is 18.5 Å². The van der Waals surface area contributed by atoms with Crippen LogP contribution < -0.4 is 9.47 Å². The first-order valence-electron chi connectivity index (χ1n) is 8.02. The highest BCUT2D eigenvalue weighted by Crippen LogP contribution is 2.26. The maximum absolute atomic E-state index is 12.8. The van der Waals surface area contributed by atoms with Gasteiger partial charge in [-0.05, 0) is 54.3 Å². The van der Waals surface area contributed by atoms with Crippen LogP contribution in [-0.4, -0.2) is 14.2 Å². The molecule has 4 heteroatoms. The quantitative estimate of drug-likeness (QED) is 0.670. The van der Waals surface area contributed by atoms with Gasteiger partial charge in [0, 0.05) is 0 Å². The molecule has 0 unspecified atom stereocenters. The standard InChI is InChI=1S/C10H13FO.C8H9FO.C2H6/c1-7(2)9-6-8(11)4-5-10(9)12-3;1-6-3-4-7(9)8(5-6)10-2;1-2/h4-7H,1-3H3;3-5H,1-2H3;1-2H3. The average Bonchev–Trinajstić information content (AvgIpc) is 2.59. The van der Waals surface area contributed by atoms with Crippen LogP contribution in [-0.2, 0) is 0 Å². The van der Waals surface area contributed by atoms with Crippen molar-refractivity contribution < 1.29 is 18.3 Å². The smallest absolute Gasteiger partial charge is 0.165 e. The summed E-state index contributed by atoms with van der Waals surface area (Å²) in [6.07, 6.45) is 0. The number of methoxy groups -OCH3 is 2. The minimum Gasteiger partial charge on any atom is -0.496 e. The highest BCUT2D eigenvalue weighted by atomic mass is 19.1. The lowest BCUT2D eigenvalue weighted by Crippen LogP contribution is -1.94. The first-order valence-corrected chi connectivity index (χ1v) is 8.02. The van der Waals surface area contributed by atoms with E-state index in [1.807, 2.05) is 34.6 Å². The van der Waals surface area contributed by atoms with E-state index in [0.717, 1.165) is 16.9 Å². The first-order chi connectivity index (χ1) is 11.4. The summed E-state index contributed by atoms with van der Waals surface area (Å²) in [6.45, 7) is 9.91. The Morgan fingerprint density at radius 2 is 1.42 bits per heavy atom. The molecular formula is C20H28F2O2. The third-order valence-electron chi connectivity index (χ3n) is 3.12. The molecule has 0 atom stereocenters. The molecule has 0 aliphatic heterocycles. The van der Waals surface area contributed by atoms with Gasteiger partial charge in [-0.2, -0.15) is 0 Å². The van der Waals surface area contributed by atoms with Crippen LogP contribution >= 0.6 is 0 Å². The molecule has 0 saturated heterocycles. The Morgan fingerprint density at radius 1 is 0.833 bits per heavy atom. The van der Waals surface area contributed by atoms with Crippen molar-refractivity contribution in [3.8, 4) is 11.5 Å². The van der Waals surface area contributed by atoms with E-state index in [4.69, 9.17) is 9.47 Å². The van der Waals surface area contributed by atoms with Crippen LogP contribution in [0.4, 0.5) is 8.78 Å². The van der Waals surface area contributed by atoms with Crippen LogP contribution in [0.2, 0.25) is 0 Å². The Bertz CT molecular complexity index is 611. The van der Waals surface area contributed by atoms with Gasteiger partial charge < -0.3 is 9.47 Å². The van der Waals surface area contributed by atoms with Gasteiger partial charge in [0.15, 0.2) is 11.6 Å². The maximum Gasteiger partial charge on any atom is 0.165 e. The second-order valence-corrected chi connectivity index (χ2v) is 5.18. The minimum absolute atomic E-state index is 0.209. The molecule has 0 bridgehead atoms. The van der Waals surface area contributed by atoms with Crippen LogP contribution in [0.15, 0.2) is 36.4 Å². The van der Waals surface area contributed by atoms with Crippen molar-refractivity contribution in [2.45, 2.75) is 40.5 Å². The molecule has 0 aliphatic carbocycles. The Balaban J connectivity index is 0.000000405. The average molecular weight is 338 g/mol. The van der Waals surface area contributed by atoms with Gasteiger partial charge in [-0.1, -0.05) is 33.8 Å². The summed E-state index contributed by atoms with van der Waals surface area (Å²) < 4.78 is 35.3. The zero-order chi connectivity index (χ0) is 18.7. The summed E-state index contributed by atoms with van der Waals surface area (Å²) in [7, 11) is 3.05. The fourth-order valence-corrected chi connectivity index (χ4v) is 1.92. The van der Waals surface area contributed by atoms with E-state index in [0.29, 0.717) is 5.75 Å². The monoisotopic (exact) mass is 338 g/mol. The fraction of sp³-hybridized carbons (Fsp3) is 0.400. The van der Waals surface area contributed by atoms with Crippen molar-refractivity contribution in [3.05, 3.63) is 59.2 Å². The van der Waals surface area contributed by atoms with E-state index in [1.54, 1.807) is 25.3 Å². The summed E-state index contributed by atoms with van der Waals surface area (Å²) in [5.74, 6) is 0.828. The van der Waals surface area contributed by atoms with E-state index in [9.17, 15) is 8.78 Å². The lowest BCUT2D eigenvalue weighted by molar-refractivity contribution is 0.386. The van der Waals surface area contributed by atoms with Gasteiger partial charge in [0.05, 0.1) is 14.2 Å². The number of aryl methyl sites for hydroxylation is 1. The van der Waals surface area contributed by atoms with Gasteiger partial charge in [0.1, 0.15) is 11.6 Å². The summed E-state index contributed by atoms with van der Waals surface area (Å²) >= 11 is 0. The molecule has 0 radical (unpaired) electrons. The number of benzene rings is 2. The molecule has 0 fully saturated rings. The summed E-state index contributed by atoms with van der Waals surface area (Å²) in [6, 6.07) is 9.35. The van der Waals surface area contributed by atoms with E-state index in [1.165, 1.54) is 25.3 Å². The van der Waals surface area contributed by atoms with Crippen molar-refractivity contribution in [1.29, 1.82) is 0 Å². The molecule has 134 valence electrons. The predicted molar refractivity (Wildman–Crippen MR) is 96.1 cm³/mol. The van der Waals surface area contributed by atoms with E-state index in [-0.39, 0.29) is 17.6 Å². The molecule has 0 N–H and O–H groups in total. The van der Waals surface area contributed by atoms with Crippen LogP contribution in [0.5, 0.6) is 11.5 Å². The SMILES string of the molecule is CC.COc1cc(C)ccc1F.COc1ccc(F)cc1C(C)C. The zero-order valence-electron chi connectivity index (χ0n) is 15.6. The Labute approximate surface area is 144 Å². The first kappa shape index (κ1) is 21.9. The van der Waals surface area contributed by atoms with Gasteiger partial charge in [-0.15, -0.1) is 0 Å². The summed E-state index contributed by atoms with van der Waals surface area (Å²) in [5.41, 5.74) is 1.91. The van der Waals surface area contributed by atoms with Gasteiger partial charge in [0.25, 0.3) is 0 Å². The van der Waals surface area contributed by atoms with E-state index >= 15 is 0 Å². The van der Waals surface area contributed by atoms with Gasteiger partial charge in [0.2, 0.25) is 0 Å². The zero-order valence-corrected chi connectivity index (χ0v) is 15.6. The maximum atomic E-state index is 12.8. The van der Waals surface area contributed by atoms with Crippen molar-refractivity contribution in [1.82, 2.24) is 0 Å². The lowest BCUT2D eigenvalue weighted by Gasteiger charge is -2.10. The van der Waals surface area contributed by atoms with Gasteiger partial charge in [-0.3, -0.25) is 0 Å². The van der Waals surface area contributed by atoms with Crippen molar-refractivity contribution >= 4 is 0 Å². The predicted octanol–water partition coefficient (Wildman–Crippen LogP) is 6.13. The number of halogens is 2. The summed E-state index contributed by atoms with van der Waals surface area (Å²) in [4.78, 5) is 0. The van der Waals surface area contributed by atoms with Crippen LogP contribution in [0.25, 0.3) is 0 Å². The number of hydrogen-bond donors (Lipinski definition) is 0. The second-order valence-electron chi connectivity index (χ2n) is 5.18. The van der Waals surface area contributed by atoms with Gasteiger partial charge >= 0.3 is 0 Å². The Morgan fingerprint density at radius 3 is 1.88 bits per heavy atom. The van der Waals surface area contributed by atoms with Crippen LogP contribution in [0.1, 0.15) is 44.7 Å². The van der Waals surface area contributed by atoms with Crippen LogP contribution in [0.3, 0.4) is 0 Å². The Hall–Kier alpha value is -2.10.